The molecule has 1 heterocycles. The quantitative estimate of drug-likeness (QED) is 0.551. The number of hydrogen-bond donors (Lipinski definition) is 1. The Balaban J connectivity index is 3.08. The summed E-state index contributed by atoms with van der Waals surface area (Å²) in [5.41, 5.74) is 5.21. The minimum absolute atomic E-state index is 0.0556. The van der Waals surface area contributed by atoms with Crippen LogP contribution in [0, 0.1) is 21.4 Å². The predicted molar refractivity (Wildman–Crippen MR) is 67.4 cm³/mol. The third-order valence-corrected chi connectivity index (χ3v) is 2.32. The number of anilines is 2. The van der Waals surface area contributed by atoms with Crippen molar-refractivity contribution in [2.75, 3.05) is 37.4 Å². The molecular formula is C10H14N6O3. The lowest BCUT2D eigenvalue weighted by Gasteiger charge is -2.21. The molecule has 0 aliphatic rings. The maximum absolute atomic E-state index is 10.9. The molecule has 0 atom stereocenters. The summed E-state index contributed by atoms with van der Waals surface area (Å²) in [7, 11) is 1.52. The summed E-state index contributed by atoms with van der Waals surface area (Å²) in [4.78, 5) is 19.4. The smallest absolute Gasteiger partial charge is 0.329 e. The zero-order valence-corrected chi connectivity index (χ0v) is 10.4. The summed E-state index contributed by atoms with van der Waals surface area (Å²) in [5.74, 6) is 0.0461. The van der Waals surface area contributed by atoms with Crippen LogP contribution in [0.25, 0.3) is 0 Å². The second kappa shape index (κ2) is 7.07. The molecule has 0 aliphatic heterocycles. The minimum Gasteiger partial charge on any atom is -0.383 e. The molecule has 0 saturated carbocycles. The van der Waals surface area contributed by atoms with E-state index in [0.717, 1.165) is 6.20 Å². The van der Waals surface area contributed by atoms with Crippen molar-refractivity contribution in [1.29, 1.82) is 5.26 Å². The molecule has 0 spiro atoms. The van der Waals surface area contributed by atoms with E-state index < -0.39 is 4.92 Å². The van der Waals surface area contributed by atoms with Crippen LogP contribution in [0.3, 0.4) is 0 Å². The van der Waals surface area contributed by atoms with Crippen molar-refractivity contribution in [3.63, 3.8) is 0 Å². The van der Waals surface area contributed by atoms with E-state index in [1.165, 1.54) is 7.11 Å². The fourth-order valence-corrected chi connectivity index (χ4v) is 1.45. The lowest BCUT2D eigenvalue weighted by molar-refractivity contribution is -0.384. The van der Waals surface area contributed by atoms with Gasteiger partial charge in [0, 0.05) is 20.2 Å². The Morgan fingerprint density at radius 3 is 2.95 bits per heavy atom. The first-order chi connectivity index (χ1) is 9.10. The molecule has 2 N–H and O–H groups in total. The van der Waals surface area contributed by atoms with Crippen LogP contribution in [-0.4, -0.2) is 41.7 Å². The number of rotatable bonds is 7. The van der Waals surface area contributed by atoms with E-state index in [4.69, 9.17) is 15.7 Å². The lowest BCUT2D eigenvalue weighted by Crippen LogP contribution is -2.30. The van der Waals surface area contributed by atoms with Crippen LogP contribution in [-0.2, 0) is 4.74 Å². The van der Waals surface area contributed by atoms with Crippen molar-refractivity contribution in [1.82, 2.24) is 9.97 Å². The predicted octanol–water partition coefficient (Wildman–Crippen LogP) is 0.333. The number of nitriles is 1. The molecule has 0 unspecified atom stereocenters. The molecule has 0 amide bonds. The van der Waals surface area contributed by atoms with Gasteiger partial charge in [0.1, 0.15) is 6.20 Å². The van der Waals surface area contributed by atoms with Gasteiger partial charge in [-0.05, 0) is 0 Å². The molecule has 0 bridgehead atoms. The highest BCUT2D eigenvalue weighted by atomic mass is 16.6. The molecular weight excluding hydrogens is 252 g/mol. The van der Waals surface area contributed by atoms with Gasteiger partial charge < -0.3 is 15.4 Å². The van der Waals surface area contributed by atoms with Crippen LogP contribution in [0.5, 0.6) is 0 Å². The fourth-order valence-electron chi connectivity index (χ4n) is 1.45. The number of nitrogen functional groups attached to an aromatic ring is 1. The molecule has 9 nitrogen and oxygen atoms in total. The van der Waals surface area contributed by atoms with Crippen LogP contribution in [0.2, 0.25) is 0 Å². The molecule has 0 aliphatic carbocycles. The van der Waals surface area contributed by atoms with Gasteiger partial charge in [-0.2, -0.15) is 10.2 Å². The first kappa shape index (κ1) is 14.6. The molecule has 0 fully saturated rings. The SMILES string of the molecule is COCCN(CCC#N)c1nc(N)ncc1[N+](=O)[O-]. The topological polar surface area (TPSA) is 131 Å². The Labute approximate surface area is 109 Å². The Kier molecular flexibility index (Phi) is 5.43. The van der Waals surface area contributed by atoms with Crippen LogP contribution in [0.1, 0.15) is 6.42 Å². The molecule has 102 valence electrons. The fraction of sp³-hybridized carbons (Fsp3) is 0.500. The second-order valence-corrected chi connectivity index (χ2v) is 3.58. The van der Waals surface area contributed by atoms with Gasteiger partial charge in [-0.1, -0.05) is 0 Å². The van der Waals surface area contributed by atoms with Crippen LogP contribution >= 0.6 is 0 Å². The Bertz CT molecular complexity index is 487. The molecule has 1 aromatic rings. The minimum atomic E-state index is -0.582. The lowest BCUT2D eigenvalue weighted by atomic mass is 10.3. The number of nitro groups is 1. The maximum Gasteiger partial charge on any atom is 0.329 e. The van der Waals surface area contributed by atoms with Gasteiger partial charge in [0.25, 0.3) is 0 Å². The Hall–Kier alpha value is -2.47. The number of nitrogens with zero attached hydrogens (tertiary/aromatic N) is 5. The van der Waals surface area contributed by atoms with Crippen molar-refractivity contribution in [2.45, 2.75) is 6.42 Å². The van der Waals surface area contributed by atoms with Crippen LogP contribution in [0.15, 0.2) is 6.20 Å². The third kappa shape index (κ3) is 4.04. The van der Waals surface area contributed by atoms with E-state index in [1.807, 2.05) is 6.07 Å². The van der Waals surface area contributed by atoms with Gasteiger partial charge in [-0.25, -0.2) is 4.98 Å². The zero-order chi connectivity index (χ0) is 14.3. The molecule has 1 rings (SSSR count). The van der Waals surface area contributed by atoms with Gasteiger partial charge in [0.2, 0.25) is 11.8 Å². The normalized spacial score (nSPS) is 9.89. The van der Waals surface area contributed by atoms with Crippen molar-refractivity contribution < 1.29 is 9.66 Å². The standard InChI is InChI=1S/C10H14N6O3/c1-19-6-5-15(4-2-3-11)9-8(16(17)18)7-13-10(12)14-9/h7H,2,4-6H2,1H3,(H2,12,13,14). The number of methoxy groups -OCH3 is 1. The molecule has 9 heteroatoms. The third-order valence-electron chi connectivity index (χ3n) is 2.32. The van der Waals surface area contributed by atoms with Gasteiger partial charge in [-0.3, -0.25) is 10.1 Å². The van der Waals surface area contributed by atoms with Crippen LogP contribution < -0.4 is 10.6 Å². The summed E-state index contributed by atoms with van der Waals surface area (Å²) >= 11 is 0. The number of aromatic nitrogens is 2. The van der Waals surface area contributed by atoms with E-state index in [0.29, 0.717) is 19.7 Å². The molecule has 0 saturated heterocycles. The summed E-state index contributed by atoms with van der Waals surface area (Å²) in [5, 5.41) is 19.6. The summed E-state index contributed by atoms with van der Waals surface area (Å²) in [6.07, 6.45) is 1.27. The van der Waals surface area contributed by atoms with Crippen LogP contribution in [0.4, 0.5) is 17.5 Å². The van der Waals surface area contributed by atoms with E-state index in [2.05, 4.69) is 9.97 Å². The van der Waals surface area contributed by atoms with Crippen molar-refractivity contribution in [3.05, 3.63) is 16.3 Å². The van der Waals surface area contributed by atoms with Gasteiger partial charge in [0.05, 0.1) is 24.0 Å². The number of hydrogen-bond acceptors (Lipinski definition) is 8. The number of nitrogens with two attached hydrogens (primary N) is 1. The highest BCUT2D eigenvalue weighted by Gasteiger charge is 2.22. The van der Waals surface area contributed by atoms with E-state index >= 15 is 0 Å². The average Bonchev–Trinajstić information content (AvgIpc) is 2.38. The highest BCUT2D eigenvalue weighted by molar-refractivity contribution is 5.58. The summed E-state index contributed by atoms with van der Waals surface area (Å²) < 4.78 is 4.94. The van der Waals surface area contributed by atoms with Gasteiger partial charge in [0.15, 0.2) is 0 Å². The Morgan fingerprint density at radius 1 is 1.63 bits per heavy atom. The summed E-state index contributed by atoms with van der Waals surface area (Å²) in [6.45, 7) is 1.03. The maximum atomic E-state index is 10.9. The summed E-state index contributed by atoms with van der Waals surface area (Å²) in [6, 6.07) is 1.98. The van der Waals surface area contributed by atoms with Gasteiger partial charge in [-0.15, -0.1) is 0 Å². The monoisotopic (exact) mass is 266 g/mol. The molecule has 0 radical (unpaired) electrons. The first-order valence-corrected chi connectivity index (χ1v) is 5.48. The Morgan fingerprint density at radius 2 is 2.37 bits per heavy atom. The zero-order valence-electron chi connectivity index (χ0n) is 10.4. The average molecular weight is 266 g/mol. The largest absolute Gasteiger partial charge is 0.383 e. The number of ether oxygens (including phenoxy) is 1. The highest BCUT2D eigenvalue weighted by Crippen LogP contribution is 2.25. The molecule has 19 heavy (non-hydrogen) atoms. The van der Waals surface area contributed by atoms with E-state index in [1.54, 1.807) is 4.90 Å². The van der Waals surface area contributed by atoms with E-state index in [9.17, 15) is 10.1 Å². The van der Waals surface area contributed by atoms with Crippen molar-refractivity contribution in [2.24, 2.45) is 0 Å². The second-order valence-electron chi connectivity index (χ2n) is 3.58. The first-order valence-electron chi connectivity index (χ1n) is 5.48. The van der Waals surface area contributed by atoms with Crippen molar-refractivity contribution >= 4 is 17.5 Å². The molecule has 1 aromatic heterocycles. The van der Waals surface area contributed by atoms with E-state index in [-0.39, 0.29) is 23.9 Å². The van der Waals surface area contributed by atoms with Gasteiger partial charge >= 0.3 is 5.69 Å². The molecule has 0 aromatic carbocycles. The van der Waals surface area contributed by atoms with Crippen molar-refractivity contribution in [3.8, 4) is 6.07 Å².